The number of carbonyl (C=O) groups excluding carboxylic acids is 1. The predicted molar refractivity (Wildman–Crippen MR) is 73.9 cm³/mol. The lowest BCUT2D eigenvalue weighted by Crippen LogP contribution is -2.28. The molecule has 0 atom stereocenters. The van der Waals surface area contributed by atoms with E-state index >= 15 is 0 Å². The maximum atomic E-state index is 12.5. The quantitative estimate of drug-likeness (QED) is 0.834. The molecule has 1 aromatic heterocycles. The Hall–Kier alpha value is -1.64. The van der Waals surface area contributed by atoms with Crippen molar-refractivity contribution in [1.29, 1.82) is 0 Å². The summed E-state index contributed by atoms with van der Waals surface area (Å²) >= 11 is 0. The molecule has 0 N–H and O–H groups in total. The van der Waals surface area contributed by atoms with Gasteiger partial charge in [0.2, 0.25) is 5.89 Å². The van der Waals surface area contributed by atoms with Crippen molar-refractivity contribution in [3.05, 3.63) is 30.2 Å². The summed E-state index contributed by atoms with van der Waals surface area (Å²) in [5.41, 5.74) is 1.49. The number of oxazole rings is 1. The Bertz CT molecular complexity index is 561. The van der Waals surface area contributed by atoms with Gasteiger partial charge in [-0.15, -0.1) is 0 Å². The standard InChI is InChI=1S/C16H19NO2/c1-2-16(9-5-6-10-16)14(18)11-15-17-12-7-3-4-8-13(12)19-15/h3-4,7-8H,2,5-6,9-11H2,1H3. The van der Waals surface area contributed by atoms with E-state index in [4.69, 9.17) is 4.42 Å². The Balaban J connectivity index is 1.82. The number of hydrogen-bond donors (Lipinski definition) is 0. The van der Waals surface area contributed by atoms with Gasteiger partial charge in [-0.1, -0.05) is 31.9 Å². The maximum absolute atomic E-state index is 12.5. The summed E-state index contributed by atoms with van der Waals surface area (Å²) in [4.78, 5) is 16.9. The van der Waals surface area contributed by atoms with E-state index in [0.717, 1.165) is 30.4 Å². The molecule has 100 valence electrons. The lowest BCUT2D eigenvalue weighted by molar-refractivity contribution is -0.128. The highest BCUT2D eigenvalue weighted by Gasteiger charge is 2.39. The Morgan fingerprint density at radius 3 is 2.74 bits per heavy atom. The molecule has 0 radical (unpaired) electrons. The first-order valence-corrected chi connectivity index (χ1v) is 7.11. The Morgan fingerprint density at radius 2 is 2.05 bits per heavy atom. The SMILES string of the molecule is CCC1(C(=O)Cc2nc3ccccc3o2)CCCC1. The molecule has 0 unspecified atom stereocenters. The zero-order valence-corrected chi connectivity index (χ0v) is 11.3. The van der Waals surface area contributed by atoms with Gasteiger partial charge >= 0.3 is 0 Å². The number of rotatable bonds is 4. The van der Waals surface area contributed by atoms with Gasteiger partial charge in [-0.25, -0.2) is 4.98 Å². The highest BCUT2D eigenvalue weighted by atomic mass is 16.3. The van der Waals surface area contributed by atoms with Crippen LogP contribution in [0.5, 0.6) is 0 Å². The molecule has 0 amide bonds. The average Bonchev–Trinajstić information content (AvgIpc) is 3.05. The van der Waals surface area contributed by atoms with Crippen LogP contribution in [0.25, 0.3) is 11.1 Å². The molecule has 1 heterocycles. The first-order chi connectivity index (χ1) is 9.23. The van der Waals surface area contributed by atoms with Gasteiger partial charge in [-0.2, -0.15) is 0 Å². The summed E-state index contributed by atoms with van der Waals surface area (Å²) in [6, 6.07) is 7.66. The lowest BCUT2D eigenvalue weighted by atomic mass is 9.78. The average molecular weight is 257 g/mol. The number of ketones is 1. The number of carbonyl (C=O) groups is 1. The normalized spacial score (nSPS) is 17.9. The van der Waals surface area contributed by atoms with E-state index in [0.29, 0.717) is 18.1 Å². The number of nitrogens with zero attached hydrogens (tertiary/aromatic N) is 1. The molecule has 19 heavy (non-hydrogen) atoms. The second-order valence-corrected chi connectivity index (χ2v) is 5.52. The van der Waals surface area contributed by atoms with Crippen molar-refractivity contribution < 1.29 is 9.21 Å². The van der Waals surface area contributed by atoms with Crippen molar-refractivity contribution in [2.45, 2.75) is 45.4 Å². The summed E-state index contributed by atoms with van der Waals surface area (Å²) < 4.78 is 5.66. The third kappa shape index (κ3) is 2.18. The van der Waals surface area contributed by atoms with E-state index in [9.17, 15) is 4.79 Å². The third-order valence-corrected chi connectivity index (χ3v) is 4.48. The van der Waals surface area contributed by atoms with Gasteiger partial charge in [0.05, 0.1) is 6.42 Å². The second kappa shape index (κ2) is 4.80. The molecule has 3 heteroatoms. The monoisotopic (exact) mass is 257 g/mol. The zero-order chi connectivity index (χ0) is 13.3. The smallest absolute Gasteiger partial charge is 0.202 e. The van der Waals surface area contributed by atoms with Gasteiger partial charge in [0.15, 0.2) is 5.58 Å². The molecule has 1 aliphatic rings. The third-order valence-electron chi connectivity index (χ3n) is 4.48. The molecule has 1 aliphatic carbocycles. The number of benzene rings is 1. The van der Waals surface area contributed by atoms with E-state index < -0.39 is 0 Å². The van der Waals surface area contributed by atoms with Crippen LogP contribution in [0.4, 0.5) is 0 Å². The molecular weight excluding hydrogens is 238 g/mol. The molecule has 3 nitrogen and oxygen atoms in total. The van der Waals surface area contributed by atoms with Crippen molar-refractivity contribution in [1.82, 2.24) is 4.98 Å². The molecule has 1 aromatic carbocycles. The highest BCUT2D eigenvalue weighted by Crippen LogP contribution is 2.42. The molecule has 1 saturated carbocycles. The van der Waals surface area contributed by atoms with E-state index in [2.05, 4.69) is 11.9 Å². The van der Waals surface area contributed by atoms with E-state index in [-0.39, 0.29) is 5.41 Å². The van der Waals surface area contributed by atoms with Crippen LogP contribution in [0.15, 0.2) is 28.7 Å². The molecular formula is C16H19NO2. The van der Waals surface area contributed by atoms with Gasteiger partial charge < -0.3 is 4.42 Å². The van der Waals surface area contributed by atoms with Crippen LogP contribution in [0.3, 0.4) is 0 Å². The Kier molecular flexibility index (Phi) is 3.13. The Labute approximate surface area is 113 Å². The molecule has 2 aromatic rings. The van der Waals surface area contributed by atoms with Crippen molar-refractivity contribution in [3.63, 3.8) is 0 Å². The first kappa shape index (κ1) is 12.4. The van der Waals surface area contributed by atoms with Gasteiger partial charge in [0.1, 0.15) is 11.3 Å². The van der Waals surface area contributed by atoms with E-state index in [1.165, 1.54) is 12.8 Å². The minimum Gasteiger partial charge on any atom is -0.440 e. The van der Waals surface area contributed by atoms with Gasteiger partial charge in [0, 0.05) is 5.41 Å². The fourth-order valence-corrected chi connectivity index (χ4v) is 3.20. The molecule has 0 saturated heterocycles. The molecule has 3 rings (SSSR count). The van der Waals surface area contributed by atoms with Gasteiger partial charge in [0.25, 0.3) is 0 Å². The fourth-order valence-electron chi connectivity index (χ4n) is 3.20. The summed E-state index contributed by atoms with van der Waals surface area (Å²) in [7, 11) is 0. The summed E-state index contributed by atoms with van der Waals surface area (Å²) in [6.07, 6.45) is 5.68. The minimum atomic E-state index is -0.110. The Morgan fingerprint density at radius 1 is 1.32 bits per heavy atom. The van der Waals surface area contributed by atoms with Crippen LogP contribution in [0, 0.1) is 5.41 Å². The molecule has 0 bridgehead atoms. The first-order valence-electron chi connectivity index (χ1n) is 7.11. The van der Waals surface area contributed by atoms with Gasteiger partial charge in [-0.05, 0) is 31.4 Å². The van der Waals surface area contributed by atoms with E-state index in [1.54, 1.807) is 0 Å². The molecule has 1 fully saturated rings. The van der Waals surface area contributed by atoms with E-state index in [1.807, 2.05) is 24.3 Å². The number of fused-ring (bicyclic) bond motifs is 1. The van der Waals surface area contributed by atoms with Crippen LogP contribution in [0.2, 0.25) is 0 Å². The van der Waals surface area contributed by atoms with Crippen LogP contribution in [0.1, 0.15) is 44.9 Å². The minimum absolute atomic E-state index is 0.110. The fraction of sp³-hybridized carbons (Fsp3) is 0.500. The lowest BCUT2D eigenvalue weighted by Gasteiger charge is -2.24. The van der Waals surface area contributed by atoms with Crippen molar-refractivity contribution in [2.75, 3.05) is 0 Å². The zero-order valence-electron chi connectivity index (χ0n) is 11.3. The molecule has 0 spiro atoms. The number of aromatic nitrogens is 1. The van der Waals surface area contributed by atoms with Gasteiger partial charge in [-0.3, -0.25) is 4.79 Å². The number of hydrogen-bond acceptors (Lipinski definition) is 3. The topological polar surface area (TPSA) is 43.1 Å². The number of para-hydroxylation sites is 2. The van der Waals surface area contributed by atoms with Crippen LogP contribution >= 0.6 is 0 Å². The highest BCUT2D eigenvalue weighted by molar-refractivity contribution is 5.87. The van der Waals surface area contributed by atoms with Crippen molar-refractivity contribution in [2.24, 2.45) is 5.41 Å². The summed E-state index contributed by atoms with van der Waals surface area (Å²) in [5, 5.41) is 0. The van der Waals surface area contributed by atoms with Crippen LogP contribution in [-0.2, 0) is 11.2 Å². The van der Waals surface area contributed by atoms with Crippen molar-refractivity contribution >= 4 is 16.9 Å². The summed E-state index contributed by atoms with van der Waals surface area (Å²) in [6.45, 7) is 2.12. The van der Waals surface area contributed by atoms with Crippen LogP contribution in [-0.4, -0.2) is 10.8 Å². The largest absolute Gasteiger partial charge is 0.440 e. The van der Waals surface area contributed by atoms with Crippen molar-refractivity contribution in [3.8, 4) is 0 Å². The van der Waals surface area contributed by atoms with Crippen LogP contribution < -0.4 is 0 Å². The number of Topliss-reactive ketones (excluding diaryl/α,β-unsaturated/α-hetero) is 1. The predicted octanol–water partition coefficient (Wildman–Crippen LogP) is 3.91. The second-order valence-electron chi connectivity index (χ2n) is 5.52. The maximum Gasteiger partial charge on any atom is 0.202 e. The summed E-state index contributed by atoms with van der Waals surface area (Å²) in [5.74, 6) is 0.866. The molecule has 0 aliphatic heterocycles.